The van der Waals surface area contributed by atoms with Gasteiger partial charge in [-0.3, -0.25) is 9.69 Å². The van der Waals surface area contributed by atoms with E-state index in [1.54, 1.807) is 16.4 Å². The molecule has 0 radical (unpaired) electrons. The largest absolute Gasteiger partial charge is 0.339 e. The molecule has 6 nitrogen and oxygen atoms in total. The molecule has 0 aromatic heterocycles. The van der Waals surface area contributed by atoms with Crippen LogP contribution in [0.2, 0.25) is 0 Å². The maximum atomic E-state index is 13.0. The van der Waals surface area contributed by atoms with Crippen LogP contribution in [0.3, 0.4) is 0 Å². The average molecular weight is 422 g/mol. The SMILES string of the molecule is CC[C@H]1CCCCN1C(=O)CN1CCN(S(=O)(=O)c2ccc(C(C)C)cc2)CC1. The highest BCUT2D eigenvalue weighted by Crippen LogP contribution is 2.22. The standard InChI is InChI=1S/C22H35N3O3S/c1-4-20-7-5-6-12-25(20)22(26)17-23-13-15-24(16-14-23)29(27,28)21-10-8-19(9-11-21)18(2)3/h8-11,18,20H,4-7,12-17H2,1-3H3/t20-/m0/s1. The van der Waals surface area contributed by atoms with Crippen molar-refractivity contribution in [2.45, 2.75) is 63.3 Å². The number of rotatable bonds is 6. The van der Waals surface area contributed by atoms with E-state index in [-0.39, 0.29) is 5.91 Å². The predicted octanol–water partition coefficient (Wildman–Crippen LogP) is 2.91. The second kappa shape index (κ2) is 9.58. The number of amides is 1. The number of sulfonamides is 1. The molecule has 1 aromatic carbocycles. The molecular formula is C22H35N3O3S. The van der Waals surface area contributed by atoms with Crippen LogP contribution in [0.15, 0.2) is 29.2 Å². The highest BCUT2D eigenvalue weighted by molar-refractivity contribution is 7.89. The Kier molecular flexibility index (Phi) is 7.35. The summed E-state index contributed by atoms with van der Waals surface area (Å²) in [6.45, 7) is 9.64. The Balaban J connectivity index is 1.56. The molecule has 0 unspecified atom stereocenters. The summed E-state index contributed by atoms with van der Waals surface area (Å²) in [5.74, 6) is 0.567. The van der Waals surface area contributed by atoms with Crippen LogP contribution in [-0.2, 0) is 14.8 Å². The van der Waals surface area contributed by atoms with Crippen LogP contribution in [0.1, 0.15) is 57.9 Å². The fraction of sp³-hybridized carbons (Fsp3) is 0.682. The van der Waals surface area contributed by atoms with Gasteiger partial charge < -0.3 is 4.90 Å². The third-order valence-corrected chi connectivity index (χ3v) is 8.21. The van der Waals surface area contributed by atoms with Crippen LogP contribution >= 0.6 is 0 Å². The molecule has 0 N–H and O–H groups in total. The normalized spacial score (nSPS) is 22.2. The van der Waals surface area contributed by atoms with Gasteiger partial charge in [0.15, 0.2) is 0 Å². The van der Waals surface area contributed by atoms with Crippen molar-refractivity contribution in [3.05, 3.63) is 29.8 Å². The van der Waals surface area contributed by atoms with Gasteiger partial charge in [0.05, 0.1) is 11.4 Å². The molecule has 29 heavy (non-hydrogen) atoms. The molecule has 1 aromatic rings. The number of hydrogen-bond donors (Lipinski definition) is 0. The van der Waals surface area contributed by atoms with Crippen molar-refractivity contribution >= 4 is 15.9 Å². The highest BCUT2D eigenvalue weighted by Gasteiger charge is 2.31. The molecule has 2 fully saturated rings. The molecule has 2 heterocycles. The molecule has 1 amide bonds. The third kappa shape index (κ3) is 5.19. The van der Waals surface area contributed by atoms with Crippen LogP contribution in [-0.4, -0.2) is 73.7 Å². The van der Waals surface area contributed by atoms with Crippen LogP contribution in [0.25, 0.3) is 0 Å². The molecular weight excluding hydrogens is 386 g/mol. The maximum Gasteiger partial charge on any atom is 0.243 e. The number of carbonyl (C=O) groups excluding carboxylic acids is 1. The topological polar surface area (TPSA) is 60.9 Å². The van der Waals surface area contributed by atoms with Gasteiger partial charge in [0, 0.05) is 38.8 Å². The summed E-state index contributed by atoms with van der Waals surface area (Å²) in [6, 6.07) is 7.58. The van der Waals surface area contributed by atoms with Crippen molar-refractivity contribution < 1.29 is 13.2 Å². The number of piperazine rings is 1. The quantitative estimate of drug-likeness (QED) is 0.709. The Hall–Kier alpha value is -1.44. The Morgan fingerprint density at radius 3 is 2.28 bits per heavy atom. The van der Waals surface area contributed by atoms with Gasteiger partial charge in [-0.25, -0.2) is 8.42 Å². The van der Waals surface area contributed by atoms with E-state index in [9.17, 15) is 13.2 Å². The summed E-state index contributed by atoms with van der Waals surface area (Å²) >= 11 is 0. The van der Waals surface area contributed by atoms with E-state index in [2.05, 4.69) is 25.7 Å². The van der Waals surface area contributed by atoms with Gasteiger partial charge in [-0.05, 0) is 49.3 Å². The van der Waals surface area contributed by atoms with Gasteiger partial charge in [0.2, 0.25) is 15.9 Å². The summed E-state index contributed by atoms with van der Waals surface area (Å²) < 4.78 is 27.5. The minimum atomic E-state index is -3.48. The molecule has 0 saturated carbocycles. The van der Waals surface area contributed by atoms with E-state index >= 15 is 0 Å². The number of hydrogen-bond acceptors (Lipinski definition) is 4. The Labute approximate surface area is 175 Å². The molecule has 1 atom stereocenters. The number of benzene rings is 1. The lowest BCUT2D eigenvalue weighted by atomic mass is 10.00. The van der Waals surface area contributed by atoms with E-state index in [0.717, 1.165) is 31.4 Å². The van der Waals surface area contributed by atoms with Crippen LogP contribution in [0, 0.1) is 0 Å². The fourth-order valence-electron chi connectivity index (χ4n) is 4.34. The van der Waals surface area contributed by atoms with Gasteiger partial charge in [-0.15, -0.1) is 0 Å². The first-order chi connectivity index (χ1) is 13.8. The Morgan fingerprint density at radius 1 is 1.03 bits per heavy atom. The lowest BCUT2D eigenvalue weighted by Crippen LogP contribution is -2.53. The molecule has 2 aliphatic heterocycles. The second-order valence-corrected chi connectivity index (χ2v) is 10.5. The molecule has 0 bridgehead atoms. The summed E-state index contributed by atoms with van der Waals surface area (Å²) in [4.78, 5) is 17.3. The van der Waals surface area contributed by atoms with Crippen molar-refractivity contribution in [3.63, 3.8) is 0 Å². The average Bonchev–Trinajstić information content (AvgIpc) is 2.74. The van der Waals surface area contributed by atoms with Crippen molar-refractivity contribution in [2.75, 3.05) is 39.3 Å². The second-order valence-electron chi connectivity index (χ2n) is 8.55. The van der Waals surface area contributed by atoms with E-state index in [0.29, 0.717) is 49.6 Å². The first-order valence-corrected chi connectivity index (χ1v) is 12.4. The zero-order valence-corrected chi connectivity index (χ0v) is 18.8. The first kappa shape index (κ1) is 22.2. The Bertz CT molecular complexity index is 784. The summed E-state index contributed by atoms with van der Waals surface area (Å²) in [5.41, 5.74) is 1.13. The van der Waals surface area contributed by atoms with Crippen molar-refractivity contribution in [2.24, 2.45) is 0 Å². The lowest BCUT2D eigenvalue weighted by molar-refractivity contribution is -0.136. The molecule has 7 heteroatoms. The van der Waals surface area contributed by atoms with Gasteiger partial charge in [-0.2, -0.15) is 4.31 Å². The van der Waals surface area contributed by atoms with Crippen LogP contribution < -0.4 is 0 Å². The monoisotopic (exact) mass is 421 g/mol. The van der Waals surface area contributed by atoms with E-state index in [1.165, 1.54) is 6.42 Å². The van der Waals surface area contributed by atoms with E-state index in [4.69, 9.17) is 0 Å². The minimum Gasteiger partial charge on any atom is -0.339 e. The number of piperidine rings is 1. The minimum absolute atomic E-state index is 0.192. The van der Waals surface area contributed by atoms with Crippen LogP contribution in [0.4, 0.5) is 0 Å². The van der Waals surface area contributed by atoms with Gasteiger partial charge in [0.1, 0.15) is 0 Å². The summed E-state index contributed by atoms with van der Waals surface area (Å²) in [5, 5.41) is 0. The van der Waals surface area contributed by atoms with Crippen molar-refractivity contribution in [1.82, 2.24) is 14.1 Å². The van der Waals surface area contributed by atoms with Gasteiger partial charge in [0.25, 0.3) is 0 Å². The number of likely N-dealkylation sites (tertiary alicyclic amines) is 1. The van der Waals surface area contributed by atoms with Gasteiger partial charge in [-0.1, -0.05) is 32.9 Å². The lowest BCUT2D eigenvalue weighted by Gasteiger charge is -2.38. The predicted molar refractivity (Wildman–Crippen MR) is 115 cm³/mol. The first-order valence-electron chi connectivity index (χ1n) is 10.9. The fourth-order valence-corrected chi connectivity index (χ4v) is 5.76. The summed E-state index contributed by atoms with van der Waals surface area (Å²) in [7, 11) is -3.48. The van der Waals surface area contributed by atoms with Crippen molar-refractivity contribution in [1.29, 1.82) is 0 Å². The van der Waals surface area contributed by atoms with Crippen molar-refractivity contribution in [3.8, 4) is 0 Å². The van der Waals surface area contributed by atoms with E-state index in [1.807, 2.05) is 17.0 Å². The highest BCUT2D eigenvalue weighted by atomic mass is 32.2. The smallest absolute Gasteiger partial charge is 0.243 e. The number of carbonyl (C=O) groups is 1. The maximum absolute atomic E-state index is 13.0. The molecule has 162 valence electrons. The molecule has 2 saturated heterocycles. The molecule has 3 rings (SSSR count). The van der Waals surface area contributed by atoms with Gasteiger partial charge >= 0.3 is 0 Å². The molecule has 0 spiro atoms. The zero-order chi connectivity index (χ0) is 21.0. The molecule has 0 aliphatic carbocycles. The molecule has 2 aliphatic rings. The van der Waals surface area contributed by atoms with Crippen LogP contribution in [0.5, 0.6) is 0 Å². The number of nitrogens with zero attached hydrogens (tertiary/aromatic N) is 3. The third-order valence-electron chi connectivity index (χ3n) is 6.29. The Morgan fingerprint density at radius 2 is 1.69 bits per heavy atom. The van der Waals surface area contributed by atoms with E-state index < -0.39 is 10.0 Å². The zero-order valence-electron chi connectivity index (χ0n) is 18.0. The summed E-state index contributed by atoms with van der Waals surface area (Å²) in [6.07, 6.45) is 4.40.